The van der Waals surface area contributed by atoms with Crippen molar-refractivity contribution in [3.05, 3.63) is 77.4 Å². The van der Waals surface area contributed by atoms with E-state index < -0.39 is 23.8 Å². The van der Waals surface area contributed by atoms with Crippen molar-refractivity contribution in [3.8, 4) is 11.5 Å². The molecule has 0 spiro atoms. The second-order valence-corrected chi connectivity index (χ2v) is 10.7. The molecular weight excluding hydrogens is 496 g/mol. The number of methoxy groups -OCH3 is 2. The van der Waals surface area contributed by atoms with Crippen LogP contribution in [0.4, 0.5) is 0 Å². The van der Waals surface area contributed by atoms with Gasteiger partial charge in [-0.15, -0.1) is 0 Å². The van der Waals surface area contributed by atoms with Crippen LogP contribution in [0.1, 0.15) is 51.2 Å². The zero-order valence-corrected chi connectivity index (χ0v) is 23.5. The zero-order valence-electron chi connectivity index (χ0n) is 23.5. The monoisotopic (exact) mass is 536 g/mol. The molecule has 0 radical (unpaired) electrons. The number of carbonyl (C=O) groups is 1. The highest BCUT2D eigenvalue weighted by Gasteiger charge is 2.63. The standard InChI is InChI=1S/C32H40O7/c1-21(2)6-18-28-32(3,39-28)30-26(36-5)16-17-27(31(30)34)38-29(33)19-11-22-7-12-24(13-8-22)37-25-14-9-23(10-15-25)20-35-4/h6-15,19,26-28,30-31,34H,16-18,20H2,1-5H3/b19-11+/t26-,27-,28+,30-,31-,32?/m1/s1. The van der Waals surface area contributed by atoms with Crippen LogP contribution in [-0.2, 0) is 30.3 Å². The fourth-order valence-corrected chi connectivity index (χ4v) is 5.38. The molecule has 1 unspecified atom stereocenters. The molecular formula is C32H40O7. The Morgan fingerprint density at radius 3 is 2.28 bits per heavy atom. The number of ether oxygens (including phenoxy) is 5. The first kappa shape index (κ1) is 29.0. The maximum atomic E-state index is 12.7. The third-order valence-corrected chi connectivity index (χ3v) is 7.60. The molecule has 2 aromatic carbocycles. The van der Waals surface area contributed by atoms with Crippen molar-refractivity contribution >= 4 is 12.0 Å². The number of hydrogen-bond donors (Lipinski definition) is 1. The molecule has 39 heavy (non-hydrogen) atoms. The van der Waals surface area contributed by atoms with Crippen molar-refractivity contribution in [3.63, 3.8) is 0 Å². The molecule has 0 amide bonds. The van der Waals surface area contributed by atoms with Crippen molar-refractivity contribution < 1.29 is 33.6 Å². The van der Waals surface area contributed by atoms with Crippen LogP contribution in [0.5, 0.6) is 11.5 Å². The van der Waals surface area contributed by atoms with Gasteiger partial charge in [-0.25, -0.2) is 4.79 Å². The van der Waals surface area contributed by atoms with Gasteiger partial charge in [0.05, 0.1) is 24.9 Å². The summed E-state index contributed by atoms with van der Waals surface area (Å²) in [4.78, 5) is 12.7. The number of benzene rings is 2. The first-order valence-corrected chi connectivity index (χ1v) is 13.5. The third-order valence-electron chi connectivity index (χ3n) is 7.60. The molecule has 210 valence electrons. The Kier molecular flexibility index (Phi) is 9.62. The van der Waals surface area contributed by atoms with Gasteiger partial charge in [0.25, 0.3) is 0 Å². The average Bonchev–Trinajstić information content (AvgIpc) is 3.59. The molecule has 2 aromatic rings. The smallest absolute Gasteiger partial charge is 0.331 e. The lowest BCUT2D eigenvalue weighted by atomic mass is 9.73. The van der Waals surface area contributed by atoms with E-state index in [4.69, 9.17) is 23.7 Å². The summed E-state index contributed by atoms with van der Waals surface area (Å²) in [7, 11) is 3.32. The Morgan fingerprint density at radius 2 is 1.67 bits per heavy atom. The number of esters is 1. The second kappa shape index (κ2) is 12.9. The van der Waals surface area contributed by atoms with Crippen molar-refractivity contribution in [2.24, 2.45) is 5.92 Å². The number of allylic oxidation sites excluding steroid dienone is 1. The number of carbonyl (C=O) groups excluding carboxylic acids is 1. The maximum absolute atomic E-state index is 12.7. The fraction of sp³-hybridized carbons (Fsp3) is 0.469. The molecule has 1 aliphatic heterocycles. The predicted molar refractivity (Wildman–Crippen MR) is 149 cm³/mol. The van der Waals surface area contributed by atoms with Crippen LogP contribution in [0.3, 0.4) is 0 Å². The van der Waals surface area contributed by atoms with Gasteiger partial charge in [0.2, 0.25) is 0 Å². The molecule has 7 heteroatoms. The molecule has 4 rings (SSSR count). The highest BCUT2D eigenvalue weighted by atomic mass is 16.6. The molecule has 1 aliphatic carbocycles. The summed E-state index contributed by atoms with van der Waals surface area (Å²) in [5.74, 6) is 0.651. The third kappa shape index (κ3) is 7.37. The Morgan fingerprint density at radius 1 is 1.03 bits per heavy atom. The molecule has 7 nitrogen and oxygen atoms in total. The fourth-order valence-electron chi connectivity index (χ4n) is 5.38. The molecule has 6 atom stereocenters. The minimum Gasteiger partial charge on any atom is -0.457 e. The lowest BCUT2D eigenvalue weighted by Gasteiger charge is -2.41. The van der Waals surface area contributed by atoms with Crippen LogP contribution in [0.2, 0.25) is 0 Å². The van der Waals surface area contributed by atoms with E-state index in [1.807, 2.05) is 55.5 Å². The van der Waals surface area contributed by atoms with Crippen molar-refractivity contribution in [2.75, 3.05) is 14.2 Å². The Hall–Kier alpha value is -2.97. The highest BCUT2D eigenvalue weighted by Crippen LogP contribution is 2.51. The first-order chi connectivity index (χ1) is 18.7. The summed E-state index contributed by atoms with van der Waals surface area (Å²) in [5, 5.41) is 11.2. The lowest BCUT2D eigenvalue weighted by molar-refractivity contribution is -0.168. The van der Waals surface area contributed by atoms with Gasteiger partial charge in [0.1, 0.15) is 23.2 Å². The number of rotatable bonds is 11. The van der Waals surface area contributed by atoms with E-state index in [1.54, 1.807) is 20.3 Å². The molecule has 1 saturated heterocycles. The summed E-state index contributed by atoms with van der Waals surface area (Å²) in [6, 6.07) is 15.1. The number of epoxide rings is 1. The quantitative estimate of drug-likeness (QED) is 0.167. The average molecular weight is 537 g/mol. The van der Waals surface area contributed by atoms with Crippen LogP contribution in [0.15, 0.2) is 66.3 Å². The van der Waals surface area contributed by atoms with E-state index in [0.29, 0.717) is 25.2 Å². The van der Waals surface area contributed by atoms with Gasteiger partial charge in [-0.2, -0.15) is 0 Å². The van der Waals surface area contributed by atoms with E-state index in [2.05, 4.69) is 19.9 Å². The van der Waals surface area contributed by atoms with E-state index in [9.17, 15) is 9.90 Å². The van der Waals surface area contributed by atoms with Crippen molar-refractivity contribution in [2.45, 2.75) is 76.7 Å². The largest absolute Gasteiger partial charge is 0.457 e. The van der Waals surface area contributed by atoms with Crippen LogP contribution in [0.25, 0.3) is 6.08 Å². The molecule has 2 fully saturated rings. The maximum Gasteiger partial charge on any atom is 0.331 e. The lowest BCUT2D eigenvalue weighted by Crippen LogP contribution is -2.53. The van der Waals surface area contributed by atoms with Gasteiger partial charge < -0.3 is 28.8 Å². The van der Waals surface area contributed by atoms with E-state index >= 15 is 0 Å². The first-order valence-electron chi connectivity index (χ1n) is 13.5. The molecule has 1 N–H and O–H groups in total. The number of aliphatic hydroxyl groups is 1. The molecule has 0 bridgehead atoms. The summed E-state index contributed by atoms with van der Waals surface area (Å²) < 4.78 is 28.5. The Labute approximate surface area is 231 Å². The van der Waals surface area contributed by atoms with Crippen LogP contribution in [-0.4, -0.2) is 55.3 Å². The summed E-state index contributed by atoms with van der Waals surface area (Å²) in [6.07, 6.45) is 5.60. The van der Waals surface area contributed by atoms with E-state index in [-0.39, 0.29) is 18.1 Å². The van der Waals surface area contributed by atoms with Crippen LogP contribution in [0, 0.1) is 5.92 Å². The van der Waals surface area contributed by atoms with Crippen molar-refractivity contribution in [1.82, 2.24) is 0 Å². The molecule has 1 saturated carbocycles. The summed E-state index contributed by atoms with van der Waals surface area (Å²) in [5.41, 5.74) is 2.63. The number of aliphatic hydroxyl groups excluding tert-OH is 1. The van der Waals surface area contributed by atoms with E-state index in [0.717, 1.165) is 23.3 Å². The van der Waals surface area contributed by atoms with Crippen LogP contribution >= 0.6 is 0 Å². The normalized spacial score (nSPS) is 28.2. The van der Waals surface area contributed by atoms with Gasteiger partial charge in [0, 0.05) is 26.2 Å². The second-order valence-electron chi connectivity index (χ2n) is 10.7. The van der Waals surface area contributed by atoms with Gasteiger partial charge in [-0.1, -0.05) is 35.9 Å². The van der Waals surface area contributed by atoms with Gasteiger partial charge in [-0.3, -0.25) is 0 Å². The van der Waals surface area contributed by atoms with Crippen molar-refractivity contribution in [1.29, 1.82) is 0 Å². The topological polar surface area (TPSA) is 86.8 Å². The number of hydrogen-bond acceptors (Lipinski definition) is 7. The Balaban J connectivity index is 1.32. The summed E-state index contributed by atoms with van der Waals surface area (Å²) in [6.45, 7) is 6.69. The van der Waals surface area contributed by atoms with Crippen LogP contribution < -0.4 is 4.74 Å². The zero-order chi connectivity index (χ0) is 28.0. The molecule has 2 aliphatic rings. The highest BCUT2D eigenvalue weighted by molar-refractivity contribution is 5.87. The minimum atomic E-state index is -0.872. The SMILES string of the molecule is COCc1ccc(Oc2ccc(/C=C/C(=O)O[C@@H]3CC[C@@H](OC)[C@@H](C4(C)O[C@H]4CC=C(C)C)[C@@H]3O)cc2)cc1. The van der Waals surface area contributed by atoms with Gasteiger partial charge in [0.15, 0.2) is 0 Å². The van der Waals surface area contributed by atoms with Gasteiger partial charge >= 0.3 is 5.97 Å². The predicted octanol–water partition coefficient (Wildman–Crippen LogP) is 5.85. The summed E-state index contributed by atoms with van der Waals surface area (Å²) >= 11 is 0. The van der Waals surface area contributed by atoms with E-state index in [1.165, 1.54) is 11.6 Å². The van der Waals surface area contributed by atoms with Gasteiger partial charge in [-0.05, 0) is 81.5 Å². The minimum absolute atomic E-state index is 0.0148. The molecule has 0 aromatic heterocycles. The molecule has 1 heterocycles. The Bertz CT molecular complexity index is 1150.